The van der Waals surface area contributed by atoms with E-state index in [1.807, 2.05) is 29.2 Å². The van der Waals surface area contributed by atoms with Gasteiger partial charge in [0.15, 0.2) is 0 Å². The van der Waals surface area contributed by atoms with E-state index >= 15 is 0 Å². The topological polar surface area (TPSA) is 55.3 Å². The number of hydrogen-bond acceptors (Lipinski definition) is 4. The molecule has 6 heteroatoms. The lowest BCUT2D eigenvalue weighted by Crippen LogP contribution is -2.41. The van der Waals surface area contributed by atoms with E-state index in [4.69, 9.17) is 4.74 Å². The average Bonchev–Trinajstić information content (AvgIpc) is 2.57. The average molecular weight is 409 g/mol. The van der Waals surface area contributed by atoms with Gasteiger partial charge in [0, 0.05) is 47.3 Å². The quantitative estimate of drug-likeness (QED) is 0.732. The maximum absolute atomic E-state index is 12.4. The molecule has 1 saturated heterocycles. The summed E-state index contributed by atoms with van der Waals surface area (Å²) in [6, 6.07) is 9.43. The van der Waals surface area contributed by atoms with E-state index in [9.17, 15) is 4.79 Å². The van der Waals surface area contributed by atoms with Gasteiger partial charge in [0.25, 0.3) is 5.91 Å². The molecule has 0 atom stereocenters. The van der Waals surface area contributed by atoms with Crippen LogP contribution in [-0.2, 0) is 0 Å². The number of aromatic nitrogens is 2. The Bertz CT molecular complexity index is 626. The lowest BCUT2D eigenvalue weighted by Gasteiger charge is -2.32. The standard InChI is InChI=1S/C16H16IN3O2/c17-13-3-1-12(2-4-13)16(21)20-9-6-14(7-10-20)22-15-5-8-18-11-19-15/h1-5,8,11,14H,6-7,9-10H2. The molecular formula is C16H16IN3O2. The molecule has 1 fully saturated rings. The Kier molecular flexibility index (Phi) is 4.87. The van der Waals surface area contributed by atoms with E-state index in [0.29, 0.717) is 19.0 Å². The van der Waals surface area contributed by atoms with Gasteiger partial charge in [-0.15, -0.1) is 0 Å². The molecule has 3 rings (SSSR count). The molecule has 1 aromatic heterocycles. The number of carbonyl (C=O) groups is 1. The number of ether oxygens (including phenoxy) is 1. The molecule has 22 heavy (non-hydrogen) atoms. The van der Waals surface area contributed by atoms with Crippen LogP contribution in [0.4, 0.5) is 0 Å². The third kappa shape index (κ3) is 3.73. The van der Waals surface area contributed by atoms with Crippen LogP contribution in [0.3, 0.4) is 0 Å². The summed E-state index contributed by atoms with van der Waals surface area (Å²) in [6.07, 6.45) is 4.89. The second-order valence-electron chi connectivity index (χ2n) is 5.16. The van der Waals surface area contributed by atoms with Crippen LogP contribution in [-0.4, -0.2) is 40.0 Å². The maximum Gasteiger partial charge on any atom is 0.253 e. The summed E-state index contributed by atoms with van der Waals surface area (Å²) in [5.41, 5.74) is 0.746. The highest BCUT2D eigenvalue weighted by Gasteiger charge is 2.24. The zero-order chi connectivity index (χ0) is 15.4. The van der Waals surface area contributed by atoms with Crippen LogP contribution in [0.5, 0.6) is 5.88 Å². The van der Waals surface area contributed by atoms with E-state index in [0.717, 1.165) is 22.0 Å². The van der Waals surface area contributed by atoms with Crippen molar-refractivity contribution < 1.29 is 9.53 Å². The second-order valence-corrected chi connectivity index (χ2v) is 6.41. The van der Waals surface area contributed by atoms with Gasteiger partial charge in [-0.25, -0.2) is 9.97 Å². The fourth-order valence-corrected chi connectivity index (χ4v) is 2.83. The number of nitrogens with zero attached hydrogens (tertiary/aromatic N) is 3. The monoisotopic (exact) mass is 409 g/mol. The van der Waals surface area contributed by atoms with Gasteiger partial charge in [-0.1, -0.05) is 0 Å². The molecule has 0 aliphatic carbocycles. The van der Waals surface area contributed by atoms with Crippen molar-refractivity contribution in [2.45, 2.75) is 18.9 Å². The maximum atomic E-state index is 12.4. The Hall–Kier alpha value is -1.70. The first-order valence-electron chi connectivity index (χ1n) is 7.20. The summed E-state index contributed by atoms with van der Waals surface area (Å²) in [7, 11) is 0. The molecular weight excluding hydrogens is 393 g/mol. The van der Waals surface area contributed by atoms with Crippen molar-refractivity contribution in [3.05, 3.63) is 52.0 Å². The van der Waals surface area contributed by atoms with Gasteiger partial charge in [0.05, 0.1) is 0 Å². The van der Waals surface area contributed by atoms with Gasteiger partial charge in [-0.3, -0.25) is 4.79 Å². The summed E-state index contributed by atoms with van der Waals surface area (Å²) in [6.45, 7) is 1.42. The van der Waals surface area contributed by atoms with Crippen LogP contribution < -0.4 is 4.74 Å². The van der Waals surface area contributed by atoms with Crippen LogP contribution in [0.1, 0.15) is 23.2 Å². The number of carbonyl (C=O) groups excluding carboxylic acids is 1. The highest BCUT2D eigenvalue weighted by atomic mass is 127. The summed E-state index contributed by atoms with van der Waals surface area (Å²) in [4.78, 5) is 22.3. The van der Waals surface area contributed by atoms with Gasteiger partial charge in [-0.05, 0) is 46.9 Å². The van der Waals surface area contributed by atoms with E-state index in [2.05, 4.69) is 32.6 Å². The predicted molar refractivity (Wildman–Crippen MR) is 90.7 cm³/mol. The molecule has 2 aromatic rings. The van der Waals surface area contributed by atoms with E-state index in [-0.39, 0.29) is 12.0 Å². The van der Waals surface area contributed by atoms with Crippen LogP contribution in [0.15, 0.2) is 42.9 Å². The number of piperidine rings is 1. The molecule has 0 bridgehead atoms. The number of benzene rings is 1. The fraction of sp³-hybridized carbons (Fsp3) is 0.312. The summed E-state index contributed by atoms with van der Waals surface area (Å²) < 4.78 is 6.95. The van der Waals surface area contributed by atoms with Crippen molar-refractivity contribution in [3.8, 4) is 5.88 Å². The van der Waals surface area contributed by atoms with Crippen molar-refractivity contribution in [3.63, 3.8) is 0 Å². The molecule has 1 aromatic carbocycles. The Balaban J connectivity index is 1.55. The number of likely N-dealkylation sites (tertiary alicyclic amines) is 1. The minimum atomic E-state index is 0.0943. The largest absolute Gasteiger partial charge is 0.474 e. The highest BCUT2D eigenvalue weighted by molar-refractivity contribution is 14.1. The van der Waals surface area contributed by atoms with Crippen molar-refractivity contribution in [1.82, 2.24) is 14.9 Å². The van der Waals surface area contributed by atoms with Crippen molar-refractivity contribution >= 4 is 28.5 Å². The van der Waals surface area contributed by atoms with Crippen LogP contribution >= 0.6 is 22.6 Å². The zero-order valence-corrected chi connectivity index (χ0v) is 14.1. The predicted octanol–water partition coefficient (Wildman–Crippen LogP) is 2.76. The number of amides is 1. The highest BCUT2D eigenvalue weighted by Crippen LogP contribution is 2.18. The molecule has 114 valence electrons. The van der Waals surface area contributed by atoms with E-state index in [1.165, 1.54) is 6.33 Å². The number of rotatable bonds is 3. The van der Waals surface area contributed by atoms with Gasteiger partial charge in [0.2, 0.25) is 5.88 Å². The zero-order valence-electron chi connectivity index (χ0n) is 12.0. The Morgan fingerprint density at radius 3 is 2.55 bits per heavy atom. The van der Waals surface area contributed by atoms with Crippen molar-refractivity contribution in [2.24, 2.45) is 0 Å². The fourth-order valence-electron chi connectivity index (χ4n) is 2.47. The number of hydrogen-bond donors (Lipinski definition) is 0. The number of halogens is 1. The van der Waals surface area contributed by atoms with Crippen molar-refractivity contribution in [1.29, 1.82) is 0 Å². The molecule has 1 aliphatic rings. The molecule has 2 heterocycles. The Labute approximate surface area is 142 Å². The smallest absolute Gasteiger partial charge is 0.253 e. The van der Waals surface area contributed by atoms with Crippen LogP contribution in [0.25, 0.3) is 0 Å². The lowest BCUT2D eigenvalue weighted by atomic mass is 10.1. The molecule has 1 aliphatic heterocycles. The molecule has 1 amide bonds. The van der Waals surface area contributed by atoms with Gasteiger partial charge >= 0.3 is 0 Å². The third-order valence-electron chi connectivity index (χ3n) is 3.66. The SMILES string of the molecule is O=C(c1ccc(I)cc1)N1CCC(Oc2ccncn2)CC1. The first kappa shape index (κ1) is 15.2. The molecule has 0 spiro atoms. The minimum absolute atomic E-state index is 0.0943. The molecule has 0 radical (unpaired) electrons. The van der Waals surface area contributed by atoms with Crippen LogP contribution in [0, 0.1) is 3.57 Å². The minimum Gasteiger partial charge on any atom is -0.474 e. The van der Waals surface area contributed by atoms with Gasteiger partial charge < -0.3 is 9.64 Å². The molecule has 5 nitrogen and oxygen atoms in total. The summed E-state index contributed by atoms with van der Waals surface area (Å²) in [5.74, 6) is 0.689. The Morgan fingerprint density at radius 2 is 1.91 bits per heavy atom. The van der Waals surface area contributed by atoms with Crippen molar-refractivity contribution in [2.75, 3.05) is 13.1 Å². The molecule has 0 unspecified atom stereocenters. The van der Waals surface area contributed by atoms with E-state index < -0.39 is 0 Å². The first-order valence-corrected chi connectivity index (χ1v) is 8.28. The van der Waals surface area contributed by atoms with Gasteiger partial charge in [0.1, 0.15) is 12.4 Å². The Morgan fingerprint density at radius 1 is 1.18 bits per heavy atom. The van der Waals surface area contributed by atoms with Gasteiger partial charge in [-0.2, -0.15) is 0 Å². The first-order chi connectivity index (χ1) is 10.7. The van der Waals surface area contributed by atoms with Crippen LogP contribution in [0.2, 0.25) is 0 Å². The summed E-state index contributed by atoms with van der Waals surface area (Å²) >= 11 is 2.24. The molecule has 0 N–H and O–H groups in total. The second kappa shape index (κ2) is 7.04. The normalized spacial score (nSPS) is 15.6. The summed E-state index contributed by atoms with van der Waals surface area (Å²) in [5, 5.41) is 0. The molecule has 0 saturated carbocycles. The lowest BCUT2D eigenvalue weighted by molar-refractivity contribution is 0.0587. The third-order valence-corrected chi connectivity index (χ3v) is 4.38. The van der Waals surface area contributed by atoms with E-state index in [1.54, 1.807) is 12.3 Å².